The molecule has 0 amide bonds. The van der Waals surface area contributed by atoms with Gasteiger partial charge in [-0.05, 0) is 36.8 Å². The minimum atomic E-state index is -0.597. The lowest BCUT2D eigenvalue weighted by atomic mass is 9.86. The topological polar surface area (TPSA) is 80.9 Å². The number of hydrogen-bond donors (Lipinski definition) is 4. The fraction of sp³-hybridized carbons (Fsp3) is 0.524. The molecule has 0 spiro atoms. The lowest BCUT2D eigenvalue weighted by molar-refractivity contribution is 0.0609. The Balaban J connectivity index is 0. The Labute approximate surface area is 153 Å². The molecule has 0 aromatic heterocycles. The highest BCUT2D eigenvalue weighted by Gasteiger charge is 2.24. The summed E-state index contributed by atoms with van der Waals surface area (Å²) in [4.78, 5) is 0. The van der Waals surface area contributed by atoms with Crippen molar-refractivity contribution in [3.05, 3.63) is 60.8 Å². The first-order valence-corrected chi connectivity index (χ1v) is 7.90. The molecule has 0 heterocycles. The molecule has 2 fully saturated rings. The first kappa shape index (κ1) is 25.8. The van der Waals surface area contributed by atoms with Crippen LogP contribution < -0.4 is 0 Å². The van der Waals surface area contributed by atoms with E-state index in [1.165, 1.54) is 0 Å². The zero-order valence-electron chi connectivity index (χ0n) is 13.6. The molecule has 2 saturated carbocycles. The highest BCUT2D eigenvalue weighted by atomic mass is 16.3. The molecule has 25 heavy (non-hydrogen) atoms. The van der Waals surface area contributed by atoms with Crippen LogP contribution in [-0.2, 0) is 0 Å². The molecule has 4 nitrogen and oxygen atoms in total. The van der Waals surface area contributed by atoms with Gasteiger partial charge in [-0.3, -0.25) is 0 Å². The fourth-order valence-corrected chi connectivity index (χ4v) is 2.87. The van der Waals surface area contributed by atoms with E-state index in [1.807, 2.05) is 6.08 Å². The fourth-order valence-electron chi connectivity index (χ4n) is 2.87. The van der Waals surface area contributed by atoms with E-state index in [-0.39, 0.29) is 27.1 Å². The Hall–Kier alpha value is -1.46. The zero-order valence-corrected chi connectivity index (χ0v) is 13.6. The number of rotatable bonds is 2. The predicted molar refractivity (Wildman–Crippen MR) is 106 cm³/mol. The molecule has 0 aromatic carbocycles. The summed E-state index contributed by atoms with van der Waals surface area (Å²) < 4.78 is 0. The van der Waals surface area contributed by atoms with E-state index in [0.717, 1.165) is 11.1 Å². The summed E-state index contributed by atoms with van der Waals surface area (Å²) >= 11 is 0. The quantitative estimate of drug-likeness (QED) is 0.614. The first-order valence-electron chi connectivity index (χ1n) is 7.90. The molecule has 4 N–H and O–H groups in total. The molecule has 2 aliphatic carbocycles. The van der Waals surface area contributed by atoms with Gasteiger partial charge in [0.25, 0.3) is 0 Å². The number of aliphatic hydroxyl groups is 4. The second-order valence-corrected chi connectivity index (χ2v) is 6.07. The SMILES string of the molecule is C.C.C=C/C=C1/CC(O)CC(O)C1=C.C=CC=C1CC(O)CC(O)C1. The summed E-state index contributed by atoms with van der Waals surface area (Å²) in [5.74, 6) is 0. The molecule has 0 bridgehead atoms. The van der Waals surface area contributed by atoms with Gasteiger partial charge in [0, 0.05) is 6.42 Å². The average molecular weight is 353 g/mol. The van der Waals surface area contributed by atoms with E-state index in [2.05, 4.69) is 19.7 Å². The second-order valence-electron chi connectivity index (χ2n) is 6.07. The first-order chi connectivity index (χ1) is 10.9. The summed E-state index contributed by atoms with van der Waals surface area (Å²) in [6.07, 6.45) is 8.05. The van der Waals surface area contributed by atoms with Gasteiger partial charge in [0.15, 0.2) is 0 Å². The molecule has 0 radical (unpaired) electrons. The van der Waals surface area contributed by atoms with E-state index in [4.69, 9.17) is 0 Å². The molecule has 4 heteroatoms. The summed E-state index contributed by atoms with van der Waals surface area (Å²) in [5.41, 5.74) is 2.70. The third-order valence-electron chi connectivity index (χ3n) is 3.98. The average Bonchev–Trinajstić information content (AvgIpc) is 2.44. The monoisotopic (exact) mass is 352 g/mol. The highest BCUT2D eigenvalue weighted by Crippen LogP contribution is 2.28. The van der Waals surface area contributed by atoms with Crippen LogP contribution in [0.3, 0.4) is 0 Å². The van der Waals surface area contributed by atoms with Crippen molar-refractivity contribution in [2.45, 2.75) is 71.4 Å². The summed E-state index contributed by atoms with van der Waals surface area (Å²) in [6, 6.07) is 0. The minimum absolute atomic E-state index is 0. The van der Waals surface area contributed by atoms with Crippen LogP contribution in [0.25, 0.3) is 0 Å². The van der Waals surface area contributed by atoms with Gasteiger partial charge in [0.05, 0.1) is 24.4 Å². The molecular formula is C21H36O4. The van der Waals surface area contributed by atoms with Gasteiger partial charge in [-0.15, -0.1) is 0 Å². The number of aliphatic hydroxyl groups excluding tert-OH is 4. The van der Waals surface area contributed by atoms with Crippen molar-refractivity contribution in [2.75, 3.05) is 0 Å². The van der Waals surface area contributed by atoms with Gasteiger partial charge >= 0.3 is 0 Å². The second kappa shape index (κ2) is 12.8. The third-order valence-corrected chi connectivity index (χ3v) is 3.98. The third kappa shape index (κ3) is 8.98. The lowest BCUT2D eigenvalue weighted by Crippen LogP contribution is -2.26. The van der Waals surface area contributed by atoms with Crippen molar-refractivity contribution >= 4 is 0 Å². The molecule has 144 valence electrons. The molecule has 2 rings (SSSR count). The maximum Gasteiger partial charge on any atom is 0.0811 e. The molecule has 4 atom stereocenters. The van der Waals surface area contributed by atoms with Crippen LogP contribution in [0.2, 0.25) is 0 Å². The van der Waals surface area contributed by atoms with Crippen molar-refractivity contribution < 1.29 is 20.4 Å². The predicted octanol–water partition coefficient (Wildman–Crippen LogP) is 3.45. The number of hydrogen-bond acceptors (Lipinski definition) is 4. The van der Waals surface area contributed by atoms with Crippen LogP contribution >= 0.6 is 0 Å². The van der Waals surface area contributed by atoms with E-state index in [0.29, 0.717) is 37.7 Å². The highest BCUT2D eigenvalue weighted by molar-refractivity contribution is 5.36. The maximum atomic E-state index is 9.41. The Bertz CT molecular complexity index is 478. The Kier molecular flexibility index (Phi) is 13.2. The van der Waals surface area contributed by atoms with Gasteiger partial charge in [0.2, 0.25) is 0 Å². The lowest BCUT2D eigenvalue weighted by Gasteiger charge is -2.26. The standard InChI is InChI=1S/C10H14O2.C9H14O2.2CH4/c1-3-4-8-5-9(11)6-10(12)7(8)2;1-2-3-7-4-8(10)6-9(11)5-7;;/h3-4,9-12H,1-2,5-6H2;2-3,8-11H,1,4-6H2;2*1H4/b8-4-;;;. The molecular weight excluding hydrogens is 316 g/mol. The van der Waals surface area contributed by atoms with Gasteiger partial charge in [-0.25, -0.2) is 0 Å². The normalized spacial score (nSPS) is 30.2. The van der Waals surface area contributed by atoms with Crippen LogP contribution in [0, 0.1) is 0 Å². The summed E-state index contributed by atoms with van der Waals surface area (Å²) in [5, 5.41) is 37.2. The van der Waals surface area contributed by atoms with Crippen LogP contribution in [-0.4, -0.2) is 44.8 Å². The van der Waals surface area contributed by atoms with Gasteiger partial charge in [-0.2, -0.15) is 0 Å². The Morgan fingerprint density at radius 3 is 1.72 bits per heavy atom. The van der Waals surface area contributed by atoms with Crippen LogP contribution in [0.1, 0.15) is 47.0 Å². The molecule has 0 aliphatic heterocycles. The summed E-state index contributed by atoms with van der Waals surface area (Å²) in [7, 11) is 0. The largest absolute Gasteiger partial charge is 0.393 e. The number of allylic oxidation sites excluding steroid dienone is 4. The van der Waals surface area contributed by atoms with E-state index >= 15 is 0 Å². The van der Waals surface area contributed by atoms with Crippen molar-refractivity contribution in [2.24, 2.45) is 0 Å². The van der Waals surface area contributed by atoms with E-state index < -0.39 is 12.2 Å². The van der Waals surface area contributed by atoms with Crippen molar-refractivity contribution in [1.29, 1.82) is 0 Å². The Morgan fingerprint density at radius 2 is 1.24 bits per heavy atom. The van der Waals surface area contributed by atoms with Crippen LogP contribution in [0.4, 0.5) is 0 Å². The molecule has 4 unspecified atom stereocenters. The zero-order chi connectivity index (χ0) is 17.4. The molecule has 2 aliphatic rings. The van der Waals surface area contributed by atoms with Crippen LogP contribution in [0.5, 0.6) is 0 Å². The summed E-state index contributed by atoms with van der Waals surface area (Å²) in [6.45, 7) is 10.9. The van der Waals surface area contributed by atoms with E-state index in [9.17, 15) is 20.4 Å². The van der Waals surface area contributed by atoms with Gasteiger partial charge in [-0.1, -0.05) is 64.5 Å². The Morgan fingerprint density at radius 1 is 0.760 bits per heavy atom. The van der Waals surface area contributed by atoms with Crippen molar-refractivity contribution in [3.63, 3.8) is 0 Å². The molecule has 0 aromatic rings. The molecule has 0 saturated heterocycles. The van der Waals surface area contributed by atoms with Crippen molar-refractivity contribution in [1.82, 2.24) is 0 Å². The smallest absolute Gasteiger partial charge is 0.0811 e. The van der Waals surface area contributed by atoms with Crippen molar-refractivity contribution in [3.8, 4) is 0 Å². The van der Waals surface area contributed by atoms with Crippen LogP contribution in [0.15, 0.2) is 60.8 Å². The van der Waals surface area contributed by atoms with Gasteiger partial charge in [0.1, 0.15) is 0 Å². The maximum absolute atomic E-state index is 9.41. The minimum Gasteiger partial charge on any atom is -0.393 e. The van der Waals surface area contributed by atoms with Gasteiger partial charge < -0.3 is 20.4 Å². The van der Waals surface area contributed by atoms with E-state index in [1.54, 1.807) is 18.2 Å².